The molecule has 5 rings (SSSR count). The Balaban J connectivity index is 1.20. The van der Waals surface area contributed by atoms with Crippen molar-refractivity contribution < 1.29 is 36.6 Å². The number of ether oxygens (including phenoxy) is 2. The number of nitrogens with one attached hydrogen (secondary N) is 1. The minimum Gasteiger partial charge on any atom is -0.490 e. The zero-order valence-electron chi connectivity index (χ0n) is 23.0. The molecular formula is C31H31F4N3O4. The number of ketones is 1. The first-order chi connectivity index (χ1) is 20.0. The zero-order valence-corrected chi connectivity index (χ0v) is 23.0. The normalized spacial score (nSPS) is 16.2. The van der Waals surface area contributed by atoms with E-state index in [-0.39, 0.29) is 59.4 Å². The number of hydrogen-bond donors (Lipinski definition) is 1. The van der Waals surface area contributed by atoms with Gasteiger partial charge in [0.15, 0.2) is 11.6 Å². The van der Waals surface area contributed by atoms with Crippen LogP contribution in [0.4, 0.5) is 23.4 Å². The molecule has 1 saturated heterocycles. The Hall–Kier alpha value is -3.99. The molecule has 2 fully saturated rings. The number of alkyl halides is 3. The van der Waals surface area contributed by atoms with Crippen molar-refractivity contribution in [1.82, 2.24) is 9.88 Å². The Labute approximate surface area is 240 Å². The number of aromatic nitrogens is 1. The van der Waals surface area contributed by atoms with E-state index in [2.05, 4.69) is 15.2 Å². The smallest absolute Gasteiger partial charge is 0.419 e. The van der Waals surface area contributed by atoms with Gasteiger partial charge < -0.3 is 19.7 Å². The molecule has 2 aliphatic rings. The van der Waals surface area contributed by atoms with Gasteiger partial charge in [0.2, 0.25) is 5.91 Å². The fourth-order valence-electron chi connectivity index (χ4n) is 4.79. The van der Waals surface area contributed by atoms with Gasteiger partial charge in [0.25, 0.3) is 0 Å². The standard InChI is InChI=1S/C31H31F4N3O4/c1-38-12-9-23(10-13-38)41-27-6-2-19(16-25(27)31(33,34)35)14-22(39)15-20-3-7-28(26(32)17-20)42-24-8-11-36-29(18-24)37-30(40)21-4-5-21/h2-3,6-8,11,16-18,21,23H,4-5,9-10,12-15H2,1H3,(H,36,37,40). The van der Waals surface area contributed by atoms with Crippen molar-refractivity contribution >= 4 is 17.5 Å². The van der Waals surface area contributed by atoms with Crippen molar-refractivity contribution in [1.29, 1.82) is 0 Å². The number of carbonyl (C=O) groups excluding carboxylic acids is 2. The number of benzene rings is 2. The van der Waals surface area contributed by atoms with Crippen molar-refractivity contribution in [3.8, 4) is 17.2 Å². The number of Topliss-reactive ketones (excluding diaryl/α,β-unsaturated/α-hetero) is 1. The molecule has 11 heteroatoms. The largest absolute Gasteiger partial charge is 0.490 e. The average Bonchev–Trinajstić information content (AvgIpc) is 3.78. The third kappa shape index (κ3) is 7.84. The van der Waals surface area contributed by atoms with E-state index in [0.29, 0.717) is 24.2 Å². The highest BCUT2D eigenvalue weighted by atomic mass is 19.4. The Kier molecular flexibility index (Phi) is 8.77. The van der Waals surface area contributed by atoms with Crippen LogP contribution in [0.1, 0.15) is 42.4 Å². The van der Waals surface area contributed by atoms with Gasteiger partial charge in [-0.1, -0.05) is 12.1 Å². The number of likely N-dealkylation sites (tertiary alicyclic amines) is 1. The van der Waals surface area contributed by atoms with Crippen molar-refractivity contribution in [2.75, 3.05) is 25.5 Å². The van der Waals surface area contributed by atoms with E-state index in [1.54, 1.807) is 0 Å². The second kappa shape index (κ2) is 12.5. The fraction of sp³-hybridized carbons (Fsp3) is 0.387. The van der Waals surface area contributed by atoms with E-state index in [0.717, 1.165) is 38.1 Å². The van der Waals surface area contributed by atoms with Crippen LogP contribution in [0.25, 0.3) is 0 Å². The van der Waals surface area contributed by atoms with Crippen molar-refractivity contribution in [2.45, 2.75) is 50.8 Å². The van der Waals surface area contributed by atoms with Gasteiger partial charge in [-0.15, -0.1) is 0 Å². The van der Waals surface area contributed by atoms with Crippen LogP contribution < -0.4 is 14.8 Å². The third-order valence-corrected chi connectivity index (χ3v) is 7.27. The van der Waals surface area contributed by atoms with Crippen LogP contribution in [0.15, 0.2) is 54.7 Å². The Bertz CT molecular complexity index is 1450. The van der Waals surface area contributed by atoms with Gasteiger partial charge in [-0.25, -0.2) is 9.37 Å². The zero-order chi connectivity index (χ0) is 29.9. The number of hydrogen-bond acceptors (Lipinski definition) is 6. The molecule has 7 nitrogen and oxygen atoms in total. The lowest BCUT2D eigenvalue weighted by Gasteiger charge is -2.30. The highest BCUT2D eigenvalue weighted by Gasteiger charge is 2.36. The van der Waals surface area contributed by atoms with Crippen LogP contribution in [0.2, 0.25) is 0 Å². The summed E-state index contributed by atoms with van der Waals surface area (Å²) >= 11 is 0. The maximum absolute atomic E-state index is 14.8. The number of pyridine rings is 1. The lowest BCUT2D eigenvalue weighted by molar-refractivity contribution is -0.139. The summed E-state index contributed by atoms with van der Waals surface area (Å²) in [6.45, 7) is 1.49. The monoisotopic (exact) mass is 585 g/mol. The van der Waals surface area contributed by atoms with Crippen molar-refractivity contribution in [3.05, 3.63) is 77.2 Å². The summed E-state index contributed by atoms with van der Waals surface area (Å²) in [4.78, 5) is 30.9. The molecule has 1 aromatic heterocycles. The lowest BCUT2D eigenvalue weighted by atomic mass is 10.00. The van der Waals surface area contributed by atoms with E-state index in [1.165, 1.54) is 42.6 Å². The summed E-state index contributed by atoms with van der Waals surface area (Å²) in [6, 6.07) is 10.7. The van der Waals surface area contributed by atoms with Gasteiger partial charge in [-0.05, 0) is 74.2 Å². The van der Waals surface area contributed by atoms with Crippen LogP contribution in [0.5, 0.6) is 17.2 Å². The molecule has 1 aliphatic heterocycles. The van der Waals surface area contributed by atoms with E-state index in [4.69, 9.17) is 9.47 Å². The molecule has 222 valence electrons. The van der Waals surface area contributed by atoms with E-state index >= 15 is 0 Å². The van der Waals surface area contributed by atoms with E-state index in [9.17, 15) is 27.2 Å². The number of piperidine rings is 1. The Morgan fingerprint density at radius 1 is 0.952 bits per heavy atom. The molecule has 0 atom stereocenters. The van der Waals surface area contributed by atoms with Crippen LogP contribution >= 0.6 is 0 Å². The molecule has 1 amide bonds. The SMILES string of the molecule is CN1CCC(Oc2ccc(CC(=O)Cc3ccc(Oc4ccnc(NC(=O)C5CC5)c4)c(F)c3)cc2C(F)(F)F)CC1. The first-order valence-corrected chi connectivity index (χ1v) is 13.8. The molecule has 0 spiro atoms. The summed E-state index contributed by atoms with van der Waals surface area (Å²) < 4.78 is 67.6. The molecule has 42 heavy (non-hydrogen) atoms. The van der Waals surface area contributed by atoms with Crippen LogP contribution in [0.3, 0.4) is 0 Å². The van der Waals surface area contributed by atoms with Gasteiger partial charge in [0, 0.05) is 44.1 Å². The molecule has 0 bridgehead atoms. The van der Waals surface area contributed by atoms with Gasteiger partial charge in [-0.2, -0.15) is 13.2 Å². The topological polar surface area (TPSA) is 80.8 Å². The Morgan fingerprint density at radius 2 is 1.62 bits per heavy atom. The summed E-state index contributed by atoms with van der Waals surface area (Å²) in [7, 11) is 1.96. The lowest BCUT2D eigenvalue weighted by Crippen LogP contribution is -2.36. The van der Waals surface area contributed by atoms with Crippen LogP contribution in [-0.4, -0.2) is 47.8 Å². The molecule has 2 heterocycles. The maximum atomic E-state index is 14.8. The molecule has 1 saturated carbocycles. The van der Waals surface area contributed by atoms with Crippen LogP contribution in [0, 0.1) is 11.7 Å². The number of rotatable bonds is 10. The Morgan fingerprint density at radius 3 is 2.26 bits per heavy atom. The summed E-state index contributed by atoms with van der Waals surface area (Å²) in [5.41, 5.74) is -0.355. The molecule has 0 unspecified atom stereocenters. The first-order valence-electron chi connectivity index (χ1n) is 13.8. The highest BCUT2D eigenvalue weighted by molar-refractivity contribution is 5.93. The minimum atomic E-state index is -4.64. The van der Waals surface area contributed by atoms with E-state index in [1.807, 2.05) is 7.05 Å². The van der Waals surface area contributed by atoms with Gasteiger partial charge >= 0.3 is 6.18 Å². The summed E-state index contributed by atoms with van der Waals surface area (Å²) in [6.07, 6.45) is -0.966. The van der Waals surface area contributed by atoms with Crippen molar-refractivity contribution in [3.63, 3.8) is 0 Å². The van der Waals surface area contributed by atoms with Crippen LogP contribution in [-0.2, 0) is 28.6 Å². The predicted molar refractivity (Wildman–Crippen MR) is 147 cm³/mol. The predicted octanol–water partition coefficient (Wildman–Crippen LogP) is 6.21. The quantitative estimate of drug-likeness (QED) is 0.285. The fourth-order valence-corrected chi connectivity index (χ4v) is 4.79. The van der Waals surface area contributed by atoms with Crippen molar-refractivity contribution in [2.24, 2.45) is 5.92 Å². The van der Waals surface area contributed by atoms with Gasteiger partial charge in [0.1, 0.15) is 29.2 Å². The summed E-state index contributed by atoms with van der Waals surface area (Å²) in [5.74, 6) is -0.973. The highest BCUT2D eigenvalue weighted by Crippen LogP contribution is 2.38. The molecule has 1 aliphatic carbocycles. The molecule has 1 N–H and O–H groups in total. The number of halogens is 4. The third-order valence-electron chi connectivity index (χ3n) is 7.27. The first kappa shape index (κ1) is 29.5. The van der Waals surface area contributed by atoms with E-state index < -0.39 is 17.6 Å². The molecule has 0 radical (unpaired) electrons. The molecule has 3 aromatic rings. The number of anilines is 1. The maximum Gasteiger partial charge on any atom is 0.419 e. The average molecular weight is 586 g/mol. The minimum absolute atomic E-state index is 0.00175. The molecule has 2 aromatic carbocycles. The number of nitrogens with zero attached hydrogens (tertiary/aromatic N) is 2. The number of carbonyl (C=O) groups is 2. The summed E-state index contributed by atoms with van der Waals surface area (Å²) in [5, 5.41) is 2.70. The molecular weight excluding hydrogens is 554 g/mol. The van der Waals surface area contributed by atoms with Gasteiger partial charge in [0.05, 0.1) is 5.56 Å². The second-order valence-electron chi connectivity index (χ2n) is 10.8. The number of amides is 1. The second-order valence-corrected chi connectivity index (χ2v) is 10.8. The van der Waals surface area contributed by atoms with Gasteiger partial charge in [-0.3, -0.25) is 9.59 Å².